The zero-order chi connectivity index (χ0) is 19.5. The molecule has 0 unspecified atom stereocenters. The maximum Gasteiger partial charge on any atom is 0.414 e. The Hall–Kier alpha value is -3.33. The summed E-state index contributed by atoms with van der Waals surface area (Å²) in [7, 11) is 0. The number of benzene rings is 2. The molecule has 2 aromatic rings. The van der Waals surface area contributed by atoms with E-state index in [-0.39, 0.29) is 16.4 Å². The zero-order valence-electron chi connectivity index (χ0n) is 13.6. The molecular weight excluding hydrogens is 347 g/mol. The Balaban J connectivity index is 0.000000487. The van der Waals surface area contributed by atoms with Gasteiger partial charge < -0.3 is 15.5 Å². The van der Waals surface area contributed by atoms with Crippen LogP contribution in [-0.2, 0) is 22.6 Å². The molecular formula is C17H17FN2O6. The Morgan fingerprint density at radius 3 is 2.31 bits per heavy atom. The van der Waals surface area contributed by atoms with Gasteiger partial charge in [-0.05, 0) is 30.7 Å². The quantitative estimate of drug-likeness (QED) is 0.310. The van der Waals surface area contributed by atoms with Gasteiger partial charge in [-0.3, -0.25) is 10.1 Å². The van der Waals surface area contributed by atoms with Crippen molar-refractivity contribution in [1.29, 1.82) is 0 Å². The molecule has 3 N–H and O–H groups in total. The van der Waals surface area contributed by atoms with E-state index in [1.54, 1.807) is 24.3 Å². The van der Waals surface area contributed by atoms with Gasteiger partial charge >= 0.3 is 11.9 Å². The number of hydrogen-bond donors (Lipinski definition) is 3. The number of carboxylic acid groups (broad SMARTS) is 2. The third-order valence-electron chi connectivity index (χ3n) is 3.17. The second-order valence-electron chi connectivity index (χ2n) is 5.05. The Morgan fingerprint density at radius 2 is 1.73 bits per heavy atom. The van der Waals surface area contributed by atoms with Gasteiger partial charge in [0.15, 0.2) is 0 Å². The van der Waals surface area contributed by atoms with E-state index in [0.29, 0.717) is 25.1 Å². The smallest absolute Gasteiger partial charge is 0.414 e. The second kappa shape index (κ2) is 10.5. The van der Waals surface area contributed by atoms with Gasteiger partial charge in [-0.1, -0.05) is 30.3 Å². The molecule has 138 valence electrons. The molecule has 9 heteroatoms. The number of hydrogen-bond acceptors (Lipinski definition) is 5. The fraction of sp³-hybridized carbons (Fsp3) is 0.176. The van der Waals surface area contributed by atoms with Crippen LogP contribution < -0.4 is 5.32 Å². The molecule has 0 aliphatic carbocycles. The van der Waals surface area contributed by atoms with Crippen LogP contribution in [-0.4, -0.2) is 33.6 Å². The van der Waals surface area contributed by atoms with E-state index in [1.165, 1.54) is 18.2 Å². The lowest BCUT2D eigenvalue weighted by atomic mass is 10.1. The molecule has 8 nitrogen and oxygen atoms in total. The number of carboxylic acids is 2. The third kappa shape index (κ3) is 7.49. The second-order valence-corrected chi connectivity index (χ2v) is 5.05. The fourth-order valence-electron chi connectivity index (χ4n) is 1.99. The van der Waals surface area contributed by atoms with Crippen molar-refractivity contribution in [2.45, 2.75) is 13.0 Å². The molecule has 0 amide bonds. The van der Waals surface area contributed by atoms with Crippen molar-refractivity contribution in [1.82, 2.24) is 5.32 Å². The number of rotatable bonds is 6. The zero-order valence-corrected chi connectivity index (χ0v) is 13.6. The summed E-state index contributed by atoms with van der Waals surface area (Å²) in [5.41, 5.74) is 1.67. The molecule has 0 spiro atoms. The Kier molecular flexibility index (Phi) is 8.38. The number of para-hydroxylation sites is 1. The highest BCUT2D eigenvalue weighted by atomic mass is 19.1. The summed E-state index contributed by atoms with van der Waals surface area (Å²) in [4.78, 5) is 28.7. The van der Waals surface area contributed by atoms with Gasteiger partial charge in [0.1, 0.15) is 5.82 Å². The number of nitrogens with one attached hydrogen (secondary N) is 1. The SMILES string of the molecule is O=C(O)C(=O)O.O=[N+]([O-])c1ccccc1CNCCc1cccc(F)c1. The lowest BCUT2D eigenvalue weighted by Gasteiger charge is -2.06. The molecule has 0 aliphatic rings. The molecule has 0 atom stereocenters. The first-order valence-corrected chi connectivity index (χ1v) is 7.45. The van der Waals surface area contributed by atoms with Gasteiger partial charge in [0.2, 0.25) is 0 Å². The summed E-state index contributed by atoms with van der Waals surface area (Å²) < 4.78 is 13.0. The number of nitrogens with zero attached hydrogens (tertiary/aromatic N) is 1. The number of aliphatic carboxylic acids is 2. The van der Waals surface area contributed by atoms with E-state index in [9.17, 15) is 14.5 Å². The normalized spacial score (nSPS) is 9.73. The molecule has 2 aromatic carbocycles. The summed E-state index contributed by atoms with van der Waals surface area (Å²) >= 11 is 0. The summed E-state index contributed by atoms with van der Waals surface area (Å²) in [6.45, 7) is 1.06. The van der Waals surface area contributed by atoms with Crippen molar-refractivity contribution in [3.8, 4) is 0 Å². The number of carbonyl (C=O) groups is 2. The first kappa shape index (κ1) is 20.7. The van der Waals surface area contributed by atoms with E-state index in [4.69, 9.17) is 19.8 Å². The van der Waals surface area contributed by atoms with Crippen molar-refractivity contribution >= 4 is 17.6 Å². The van der Waals surface area contributed by atoms with Crippen molar-refractivity contribution in [2.75, 3.05) is 6.54 Å². The van der Waals surface area contributed by atoms with Crippen LogP contribution in [0, 0.1) is 15.9 Å². The van der Waals surface area contributed by atoms with Crippen molar-refractivity contribution in [2.24, 2.45) is 0 Å². The van der Waals surface area contributed by atoms with Crippen LogP contribution in [0.1, 0.15) is 11.1 Å². The maximum absolute atomic E-state index is 13.0. The first-order valence-electron chi connectivity index (χ1n) is 7.45. The van der Waals surface area contributed by atoms with Gasteiger partial charge in [0.05, 0.1) is 4.92 Å². The summed E-state index contributed by atoms with van der Waals surface area (Å²) in [6, 6.07) is 13.1. The standard InChI is InChI=1S/C15H15FN2O2.C2H2O4/c16-14-6-3-4-12(10-14)8-9-17-11-13-5-1-2-7-15(13)18(19)20;3-1(4)2(5)6/h1-7,10,17H,8-9,11H2;(H,3,4)(H,5,6). The monoisotopic (exact) mass is 364 g/mol. The van der Waals surface area contributed by atoms with Crippen LogP contribution in [0.25, 0.3) is 0 Å². The van der Waals surface area contributed by atoms with Gasteiger partial charge in [-0.2, -0.15) is 0 Å². The number of halogens is 1. The summed E-state index contributed by atoms with van der Waals surface area (Å²) in [5.74, 6) is -3.90. The minimum absolute atomic E-state index is 0.116. The fourth-order valence-corrected chi connectivity index (χ4v) is 1.99. The van der Waals surface area contributed by atoms with E-state index in [0.717, 1.165) is 5.56 Å². The molecule has 0 fully saturated rings. The summed E-state index contributed by atoms with van der Waals surface area (Å²) in [6.07, 6.45) is 0.679. The van der Waals surface area contributed by atoms with Crippen molar-refractivity contribution in [3.63, 3.8) is 0 Å². The van der Waals surface area contributed by atoms with Gasteiger partial charge in [-0.15, -0.1) is 0 Å². The highest BCUT2D eigenvalue weighted by Gasteiger charge is 2.11. The average Bonchev–Trinajstić information content (AvgIpc) is 2.59. The number of nitro benzene ring substituents is 1. The van der Waals surface area contributed by atoms with Crippen LogP contribution in [0.5, 0.6) is 0 Å². The molecule has 2 rings (SSSR count). The Labute approximate surface area is 148 Å². The molecule has 0 saturated heterocycles. The van der Waals surface area contributed by atoms with Gasteiger partial charge in [0, 0.05) is 18.2 Å². The highest BCUT2D eigenvalue weighted by molar-refractivity contribution is 6.27. The molecule has 0 saturated carbocycles. The minimum atomic E-state index is -1.82. The highest BCUT2D eigenvalue weighted by Crippen LogP contribution is 2.17. The average molecular weight is 364 g/mol. The van der Waals surface area contributed by atoms with Crippen molar-refractivity contribution in [3.05, 3.63) is 75.6 Å². The van der Waals surface area contributed by atoms with E-state index in [2.05, 4.69) is 5.32 Å². The lowest BCUT2D eigenvalue weighted by molar-refractivity contribution is -0.385. The molecule has 0 aliphatic heterocycles. The first-order chi connectivity index (χ1) is 12.3. The Bertz CT molecular complexity index is 769. The van der Waals surface area contributed by atoms with Crippen LogP contribution in [0.4, 0.5) is 10.1 Å². The molecule has 0 bridgehead atoms. The lowest BCUT2D eigenvalue weighted by Crippen LogP contribution is -2.17. The molecule has 0 radical (unpaired) electrons. The summed E-state index contributed by atoms with van der Waals surface area (Å²) in [5, 5.41) is 28.8. The van der Waals surface area contributed by atoms with Gasteiger partial charge in [0.25, 0.3) is 5.69 Å². The van der Waals surface area contributed by atoms with Crippen LogP contribution >= 0.6 is 0 Å². The molecule has 26 heavy (non-hydrogen) atoms. The van der Waals surface area contributed by atoms with Crippen molar-refractivity contribution < 1.29 is 29.1 Å². The molecule has 0 heterocycles. The predicted octanol–water partition coefficient (Wildman–Crippen LogP) is 2.22. The molecule has 0 aromatic heterocycles. The van der Waals surface area contributed by atoms with Crippen LogP contribution in [0.15, 0.2) is 48.5 Å². The predicted molar refractivity (Wildman–Crippen MR) is 90.2 cm³/mol. The van der Waals surface area contributed by atoms with Crippen LogP contribution in [0.3, 0.4) is 0 Å². The van der Waals surface area contributed by atoms with E-state index in [1.807, 2.05) is 6.07 Å². The minimum Gasteiger partial charge on any atom is -0.473 e. The number of nitro groups is 1. The Morgan fingerprint density at radius 1 is 1.08 bits per heavy atom. The maximum atomic E-state index is 13.0. The van der Waals surface area contributed by atoms with E-state index >= 15 is 0 Å². The van der Waals surface area contributed by atoms with Gasteiger partial charge in [-0.25, -0.2) is 14.0 Å². The topological polar surface area (TPSA) is 130 Å². The van der Waals surface area contributed by atoms with Crippen LogP contribution in [0.2, 0.25) is 0 Å². The largest absolute Gasteiger partial charge is 0.473 e. The third-order valence-corrected chi connectivity index (χ3v) is 3.17. The van der Waals surface area contributed by atoms with E-state index < -0.39 is 11.9 Å².